The summed E-state index contributed by atoms with van der Waals surface area (Å²) in [6.07, 6.45) is 17.9. The number of anilines is 3. The Hall–Kier alpha value is -7.92. The number of aromatic nitrogens is 2. The lowest BCUT2D eigenvalue weighted by atomic mass is 10.00. The zero-order valence-corrected chi connectivity index (χ0v) is 49.9. The van der Waals surface area contributed by atoms with E-state index in [2.05, 4.69) is 98.1 Å². The molecule has 0 bridgehead atoms. The number of benzene rings is 5. The van der Waals surface area contributed by atoms with Gasteiger partial charge >= 0.3 is 18.1 Å². The molecule has 85 heavy (non-hydrogen) atoms. The Morgan fingerprint density at radius 2 is 1.16 bits per heavy atom. The van der Waals surface area contributed by atoms with Gasteiger partial charge in [0.2, 0.25) is 0 Å². The van der Waals surface area contributed by atoms with E-state index in [1.54, 1.807) is 17.3 Å². The standard InChI is InChI=1S/C24H31F2N3O.C23H26N4O.C22H30N4O/c1-3-7-18(2)28-14-12-21(13-15-28)29(17-19-8-5-4-6-9-19)24(30)27-23-16-20(25)10-11-22(23)26;28-23(25-21-9-6-10-22(17-21)27-13-4-5-14-27)24-20-11-15-26(16-12-20)18-19-7-2-1-3-8-19;1-2-3-14-25-15-11-21(12-16-25)26(18-19-8-5-4-6-9-19)22(27)24-20-10-7-13-23-17-20/h4-6,8-11,16,18,21H,3,7,12-15,17H2,1-2H3,(H,27,30);1-10,13-14,17,20H,11-12,15-16,18H2,(H2,24,25,28);4-10,13,17,21H,2-3,11-12,14-16,18H2,1H3,(H,24,27). The predicted molar refractivity (Wildman–Crippen MR) is 339 cm³/mol. The normalized spacial score (nSPS) is 15.7. The summed E-state index contributed by atoms with van der Waals surface area (Å²) in [7, 11) is 0. The summed E-state index contributed by atoms with van der Waals surface area (Å²) in [4.78, 5) is 53.9. The molecule has 450 valence electrons. The number of hydrogen-bond donors (Lipinski definition) is 4. The van der Waals surface area contributed by atoms with Gasteiger partial charge in [-0.15, -0.1) is 0 Å². The summed E-state index contributed by atoms with van der Waals surface area (Å²) in [5.41, 5.74) is 5.94. The third kappa shape index (κ3) is 20.4. The van der Waals surface area contributed by atoms with Crippen LogP contribution in [0.15, 0.2) is 183 Å². The number of nitrogens with one attached hydrogen (secondary N) is 4. The van der Waals surface area contributed by atoms with E-state index in [4.69, 9.17) is 0 Å². The van der Waals surface area contributed by atoms with Crippen LogP contribution in [-0.2, 0) is 19.6 Å². The van der Waals surface area contributed by atoms with Crippen molar-refractivity contribution in [2.45, 2.75) is 129 Å². The Kier molecular flexibility index (Phi) is 24.9. The zero-order chi connectivity index (χ0) is 59.6. The van der Waals surface area contributed by atoms with Crippen molar-refractivity contribution in [3.05, 3.63) is 211 Å². The summed E-state index contributed by atoms with van der Waals surface area (Å²) >= 11 is 0. The number of halogens is 2. The number of rotatable bonds is 19. The van der Waals surface area contributed by atoms with E-state index >= 15 is 0 Å². The highest BCUT2D eigenvalue weighted by molar-refractivity contribution is 5.91. The monoisotopic (exact) mass is 1160 g/mol. The maximum absolute atomic E-state index is 14.1. The number of urea groups is 3. The van der Waals surface area contributed by atoms with Crippen LogP contribution < -0.4 is 21.3 Å². The van der Waals surface area contributed by atoms with Crippen molar-refractivity contribution in [3.63, 3.8) is 0 Å². The molecule has 5 heterocycles. The predicted octanol–water partition coefficient (Wildman–Crippen LogP) is 14.3. The van der Waals surface area contributed by atoms with E-state index in [0.29, 0.717) is 19.1 Å². The SMILES string of the molecule is CCCC(C)N1CCC(N(Cc2ccccc2)C(=O)Nc2cc(F)ccc2F)CC1.CCCCN1CCC(N(Cc2ccccc2)C(=O)Nc2cccnc2)CC1.O=C(Nc1cccc(-n2cccc2)c1)NC1CCN(Cc2ccccc2)CC1. The number of unbranched alkanes of at least 4 members (excludes halogenated alkanes) is 1. The van der Waals surface area contributed by atoms with Gasteiger partial charge in [0, 0.05) is 119 Å². The van der Waals surface area contributed by atoms with E-state index in [1.807, 2.05) is 125 Å². The fraction of sp³-hybridized carbons (Fsp3) is 0.391. The topological polar surface area (TPSA) is 133 Å². The minimum absolute atomic E-state index is 0.0427. The van der Waals surface area contributed by atoms with E-state index in [9.17, 15) is 23.2 Å². The van der Waals surface area contributed by atoms with E-state index < -0.39 is 17.7 Å². The average Bonchev–Trinajstić information content (AvgIpc) is 4.22. The van der Waals surface area contributed by atoms with Crippen LogP contribution in [0.5, 0.6) is 0 Å². The number of carbonyl (C=O) groups excluding carboxylic acids is 3. The second-order valence-corrected chi connectivity index (χ2v) is 22.6. The molecular formula is C69H87F2N11O3. The van der Waals surface area contributed by atoms with Crippen LogP contribution in [-0.4, -0.2) is 122 Å². The second-order valence-electron chi connectivity index (χ2n) is 22.6. The van der Waals surface area contributed by atoms with Gasteiger partial charge in [0.05, 0.1) is 17.6 Å². The first-order valence-electron chi connectivity index (χ1n) is 30.6. The molecule has 3 saturated heterocycles. The minimum Gasteiger partial charge on any atom is -0.335 e. The van der Waals surface area contributed by atoms with Gasteiger partial charge in [-0.25, -0.2) is 23.2 Å². The van der Waals surface area contributed by atoms with Crippen molar-refractivity contribution in [2.75, 3.05) is 61.8 Å². The first-order chi connectivity index (χ1) is 41.5. The quantitative estimate of drug-likeness (QED) is 0.0634. The number of carbonyl (C=O) groups is 3. The van der Waals surface area contributed by atoms with Crippen molar-refractivity contribution >= 4 is 35.2 Å². The Bertz CT molecular complexity index is 3050. The molecule has 2 aromatic heterocycles. The molecule has 4 N–H and O–H groups in total. The minimum atomic E-state index is -0.646. The van der Waals surface area contributed by atoms with E-state index in [-0.39, 0.29) is 35.9 Å². The van der Waals surface area contributed by atoms with Crippen LogP contribution in [0.25, 0.3) is 5.69 Å². The summed E-state index contributed by atoms with van der Waals surface area (Å²) < 4.78 is 29.6. The van der Waals surface area contributed by atoms with Crippen LogP contribution in [0, 0.1) is 11.6 Å². The first-order valence-corrected chi connectivity index (χ1v) is 30.6. The third-order valence-corrected chi connectivity index (χ3v) is 16.3. The maximum Gasteiger partial charge on any atom is 0.322 e. The van der Waals surface area contributed by atoms with Gasteiger partial charge in [-0.1, -0.05) is 124 Å². The van der Waals surface area contributed by atoms with Crippen molar-refractivity contribution in [3.8, 4) is 5.69 Å². The van der Waals surface area contributed by atoms with Gasteiger partial charge < -0.3 is 45.4 Å². The molecule has 10 rings (SSSR count). The lowest BCUT2D eigenvalue weighted by Gasteiger charge is -2.40. The maximum atomic E-state index is 14.1. The van der Waals surface area contributed by atoms with E-state index in [0.717, 1.165) is 144 Å². The van der Waals surface area contributed by atoms with Crippen LogP contribution in [0.1, 0.15) is 102 Å². The van der Waals surface area contributed by atoms with Crippen molar-refractivity contribution in [2.24, 2.45) is 0 Å². The second kappa shape index (κ2) is 33.5. The Balaban J connectivity index is 0.000000166. The van der Waals surface area contributed by atoms with Gasteiger partial charge in [0.15, 0.2) is 0 Å². The fourth-order valence-corrected chi connectivity index (χ4v) is 11.5. The van der Waals surface area contributed by atoms with Crippen molar-refractivity contribution in [1.29, 1.82) is 0 Å². The number of nitrogens with zero attached hydrogens (tertiary/aromatic N) is 7. The molecule has 3 fully saturated rings. The summed E-state index contributed by atoms with van der Waals surface area (Å²) in [5, 5.41) is 11.7. The van der Waals surface area contributed by atoms with Gasteiger partial charge in [0.25, 0.3) is 0 Å². The molecule has 16 heteroatoms. The number of likely N-dealkylation sites (tertiary alicyclic amines) is 3. The van der Waals surface area contributed by atoms with Crippen LogP contribution >= 0.6 is 0 Å². The Labute approximate surface area is 502 Å². The average molecular weight is 1160 g/mol. The van der Waals surface area contributed by atoms with Gasteiger partial charge in [-0.05, 0) is 136 Å². The highest BCUT2D eigenvalue weighted by atomic mass is 19.1. The molecule has 14 nitrogen and oxygen atoms in total. The Morgan fingerprint density at radius 1 is 0.588 bits per heavy atom. The largest absolute Gasteiger partial charge is 0.335 e. The number of piperidine rings is 3. The summed E-state index contributed by atoms with van der Waals surface area (Å²) in [5.74, 6) is -1.23. The smallest absolute Gasteiger partial charge is 0.322 e. The van der Waals surface area contributed by atoms with Crippen molar-refractivity contribution < 1.29 is 23.2 Å². The molecule has 5 aromatic carbocycles. The molecule has 3 aliphatic heterocycles. The van der Waals surface area contributed by atoms with Crippen molar-refractivity contribution in [1.82, 2.24) is 39.4 Å². The molecule has 1 unspecified atom stereocenters. The van der Waals surface area contributed by atoms with Gasteiger partial charge in [-0.3, -0.25) is 9.88 Å². The zero-order valence-electron chi connectivity index (χ0n) is 49.9. The molecule has 0 saturated carbocycles. The lowest BCUT2D eigenvalue weighted by Crippen LogP contribution is -2.50. The lowest BCUT2D eigenvalue weighted by molar-refractivity contribution is 0.0989. The number of pyridine rings is 1. The fourth-order valence-electron chi connectivity index (χ4n) is 11.5. The number of amides is 6. The highest BCUT2D eigenvalue weighted by Crippen LogP contribution is 2.26. The Morgan fingerprint density at radius 3 is 1.75 bits per heavy atom. The third-order valence-electron chi connectivity index (χ3n) is 16.3. The molecule has 0 radical (unpaired) electrons. The van der Waals surface area contributed by atoms with Crippen LogP contribution in [0.3, 0.4) is 0 Å². The van der Waals surface area contributed by atoms with Gasteiger partial charge in [-0.2, -0.15) is 0 Å². The molecule has 0 aliphatic carbocycles. The van der Waals surface area contributed by atoms with Crippen LogP contribution in [0.4, 0.5) is 40.2 Å². The first kappa shape index (κ1) is 63.1. The summed E-state index contributed by atoms with van der Waals surface area (Å²) in [6.45, 7) is 15.9. The number of hydrogen-bond acceptors (Lipinski definition) is 7. The summed E-state index contributed by atoms with van der Waals surface area (Å²) in [6, 6.07) is 49.6. The van der Waals surface area contributed by atoms with E-state index in [1.165, 1.54) is 24.9 Å². The molecule has 6 amide bonds. The highest BCUT2D eigenvalue weighted by Gasteiger charge is 2.31. The molecule has 3 aliphatic rings. The van der Waals surface area contributed by atoms with Gasteiger partial charge in [0.1, 0.15) is 11.6 Å². The molecule has 1 atom stereocenters. The molecule has 0 spiro atoms. The molecule has 7 aromatic rings. The molecular weight excluding hydrogens is 1070 g/mol. The van der Waals surface area contributed by atoms with Crippen LogP contribution in [0.2, 0.25) is 0 Å².